The summed E-state index contributed by atoms with van der Waals surface area (Å²) in [6.07, 6.45) is 0. The van der Waals surface area contributed by atoms with Gasteiger partial charge in [0.15, 0.2) is 5.76 Å². The molecule has 0 spiro atoms. The van der Waals surface area contributed by atoms with Gasteiger partial charge >= 0.3 is 0 Å². The molecule has 3 nitrogen and oxygen atoms in total. The third kappa shape index (κ3) is 2.60. The van der Waals surface area contributed by atoms with E-state index in [1.807, 2.05) is 73.6 Å². The van der Waals surface area contributed by atoms with Crippen LogP contribution in [0.15, 0.2) is 59.0 Å². The highest BCUT2D eigenvalue weighted by Gasteiger charge is 2.21. The van der Waals surface area contributed by atoms with Crippen LogP contribution in [0.25, 0.3) is 11.0 Å². The minimum Gasteiger partial charge on any atom is -0.452 e. The second kappa shape index (κ2) is 5.54. The highest BCUT2D eigenvalue weighted by Crippen LogP contribution is 2.28. The van der Waals surface area contributed by atoms with E-state index < -0.39 is 0 Å². The molecule has 0 saturated carbocycles. The van der Waals surface area contributed by atoms with Crippen LogP contribution < -0.4 is 0 Å². The maximum absolute atomic E-state index is 12.7. The summed E-state index contributed by atoms with van der Waals surface area (Å²) in [4.78, 5) is 14.7. The normalized spacial score (nSPS) is 11.2. The Morgan fingerprint density at radius 3 is 2.38 bits per heavy atom. The minimum atomic E-state index is -0.0661. The van der Waals surface area contributed by atoms with Crippen molar-refractivity contribution in [1.29, 1.82) is 0 Å². The number of benzene rings is 2. The van der Waals surface area contributed by atoms with Crippen LogP contribution in [0.1, 0.15) is 21.7 Å². The van der Waals surface area contributed by atoms with Gasteiger partial charge < -0.3 is 9.32 Å². The van der Waals surface area contributed by atoms with Crippen LogP contribution in [0.2, 0.25) is 0 Å². The molecule has 2 aromatic carbocycles. The van der Waals surface area contributed by atoms with E-state index in [-0.39, 0.29) is 5.78 Å². The van der Waals surface area contributed by atoms with E-state index in [0.29, 0.717) is 17.9 Å². The quantitative estimate of drug-likeness (QED) is 0.682. The molecule has 0 atom stereocenters. The van der Waals surface area contributed by atoms with Crippen LogP contribution >= 0.6 is 0 Å². The summed E-state index contributed by atoms with van der Waals surface area (Å²) in [5.74, 6) is 0.375. The Bertz CT molecular complexity index is 772. The molecule has 3 heteroatoms. The van der Waals surface area contributed by atoms with Crippen molar-refractivity contribution in [3.63, 3.8) is 0 Å². The van der Waals surface area contributed by atoms with Gasteiger partial charge in [-0.2, -0.15) is 0 Å². The van der Waals surface area contributed by atoms with Gasteiger partial charge in [0.2, 0.25) is 5.78 Å². The van der Waals surface area contributed by atoms with E-state index in [0.717, 1.165) is 16.5 Å². The summed E-state index contributed by atoms with van der Waals surface area (Å²) < 4.78 is 5.84. The fourth-order valence-electron chi connectivity index (χ4n) is 2.48. The molecule has 0 saturated heterocycles. The number of furan rings is 1. The van der Waals surface area contributed by atoms with Crippen LogP contribution in [0, 0.1) is 0 Å². The summed E-state index contributed by atoms with van der Waals surface area (Å²) in [5, 5.41) is 1.01. The van der Waals surface area contributed by atoms with Gasteiger partial charge in [-0.15, -0.1) is 0 Å². The molecular formula is C18H17NO2. The number of carbonyl (C=O) groups excluding carboxylic acids is 1. The standard InChI is InChI=1S/C18H17NO2/c1-19(2)12-15-14-10-6-7-11-16(14)21-18(15)17(20)13-8-4-3-5-9-13/h3-11H,12H2,1-2H3. The lowest BCUT2D eigenvalue weighted by atomic mass is 10.0. The van der Waals surface area contributed by atoms with Gasteiger partial charge in [0.1, 0.15) is 5.58 Å². The number of hydrogen-bond donors (Lipinski definition) is 0. The Kier molecular flexibility index (Phi) is 3.59. The Morgan fingerprint density at radius 2 is 1.67 bits per heavy atom. The molecule has 0 fully saturated rings. The van der Waals surface area contributed by atoms with Crippen molar-refractivity contribution in [3.05, 3.63) is 71.5 Å². The van der Waals surface area contributed by atoms with Gasteiger partial charge in [0, 0.05) is 23.1 Å². The summed E-state index contributed by atoms with van der Waals surface area (Å²) in [7, 11) is 3.97. The molecule has 0 aliphatic rings. The number of carbonyl (C=O) groups is 1. The molecule has 1 heterocycles. The third-order valence-electron chi connectivity index (χ3n) is 3.41. The Balaban J connectivity index is 2.15. The third-order valence-corrected chi connectivity index (χ3v) is 3.41. The minimum absolute atomic E-state index is 0.0661. The van der Waals surface area contributed by atoms with Crippen molar-refractivity contribution < 1.29 is 9.21 Å². The van der Waals surface area contributed by atoms with Crippen molar-refractivity contribution >= 4 is 16.8 Å². The zero-order valence-corrected chi connectivity index (χ0v) is 12.2. The molecule has 0 N–H and O–H groups in total. The van der Waals surface area contributed by atoms with Crippen molar-refractivity contribution in [1.82, 2.24) is 4.90 Å². The number of para-hydroxylation sites is 1. The molecule has 0 aliphatic carbocycles. The second-order valence-electron chi connectivity index (χ2n) is 5.34. The van der Waals surface area contributed by atoms with E-state index in [9.17, 15) is 4.79 Å². The molecule has 3 aromatic rings. The average Bonchev–Trinajstić information content (AvgIpc) is 2.86. The maximum Gasteiger partial charge on any atom is 0.228 e. The lowest BCUT2D eigenvalue weighted by molar-refractivity contribution is 0.101. The molecular weight excluding hydrogens is 262 g/mol. The van der Waals surface area contributed by atoms with Crippen LogP contribution in [-0.4, -0.2) is 24.8 Å². The van der Waals surface area contributed by atoms with E-state index in [2.05, 4.69) is 0 Å². The second-order valence-corrected chi connectivity index (χ2v) is 5.34. The molecule has 1 aromatic heterocycles. The summed E-state index contributed by atoms with van der Waals surface area (Å²) in [5.41, 5.74) is 2.36. The molecule has 0 amide bonds. The maximum atomic E-state index is 12.7. The van der Waals surface area contributed by atoms with Gasteiger partial charge in [-0.3, -0.25) is 4.79 Å². The molecule has 21 heavy (non-hydrogen) atoms. The van der Waals surface area contributed by atoms with E-state index in [1.54, 1.807) is 0 Å². The highest BCUT2D eigenvalue weighted by molar-refractivity contribution is 6.10. The summed E-state index contributed by atoms with van der Waals surface area (Å²) in [6.45, 7) is 0.672. The lowest BCUT2D eigenvalue weighted by Gasteiger charge is -2.09. The number of hydrogen-bond acceptors (Lipinski definition) is 3. The molecule has 0 unspecified atom stereocenters. The van der Waals surface area contributed by atoms with Crippen LogP contribution in [0.3, 0.4) is 0 Å². The smallest absolute Gasteiger partial charge is 0.228 e. The molecule has 0 bridgehead atoms. The first kappa shape index (κ1) is 13.6. The first-order chi connectivity index (χ1) is 10.2. The number of fused-ring (bicyclic) bond motifs is 1. The zero-order valence-electron chi connectivity index (χ0n) is 12.2. The highest BCUT2D eigenvalue weighted by atomic mass is 16.3. The zero-order chi connectivity index (χ0) is 14.8. The fraction of sp³-hybridized carbons (Fsp3) is 0.167. The topological polar surface area (TPSA) is 33.5 Å². The molecule has 106 valence electrons. The lowest BCUT2D eigenvalue weighted by Crippen LogP contribution is -2.13. The van der Waals surface area contributed by atoms with Crippen molar-refractivity contribution in [2.75, 3.05) is 14.1 Å². The van der Waals surface area contributed by atoms with Crippen LogP contribution in [-0.2, 0) is 6.54 Å². The van der Waals surface area contributed by atoms with Gasteiger partial charge in [-0.1, -0.05) is 48.5 Å². The molecule has 3 rings (SSSR count). The SMILES string of the molecule is CN(C)Cc1c(C(=O)c2ccccc2)oc2ccccc12. The number of ketones is 1. The monoisotopic (exact) mass is 279 g/mol. The predicted molar refractivity (Wildman–Crippen MR) is 83.5 cm³/mol. The van der Waals surface area contributed by atoms with Gasteiger partial charge in [-0.05, 0) is 20.2 Å². The van der Waals surface area contributed by atoms with Crippen LogP contribution in [0.5, 0.6) is 0 Å². The van der Waals surface area contributed by atoms with Gasteiger partial charge in [-0.25, -0.2) is 0 Å². The van der Waals surface area contributed by atoms with Crippen LogP contribution in [0.4, 0.5) is 0 Å². The Morgan fingerprint density at radius 1 is 1.00 bits per heavy atom. The van der Waals surface area contributed by atoms with Gasteiger partial charge in [0.25, 0.3) is 0 Å². The van der Waals surface area contributed by atoms with E-state index in [4.69, 9.17) is 4.42 Å². The van der Waals surface area contributed by atoms with Crippen molar-refractivity contribution in [2.24, 2.45) is 0 Å². The molecule has 0 aliphatic heterocycles. The predicted octanol–water partition coefficient (Wildman–Crippen LogP) is 3.73. The van der Waals surface area contributed by atoms with Crippen molar-refractivity contribution in [2.45, 2.75) is 6.54 Å². The summed E-state index contributed by atoms with van der Waals surface area (Å²) >= 11 is 0. The number of rotatable bonds is 4. The summed E-state index contributed by atoms with van der Waals surface area (Å²) in [6, 6.07) is 17.0. The van der Waals surface area contributed by atoms with Gasteiger partial charge in [0.05, 0.1) is 0 Å². The first-order valence-corrected chi connectivity index (χ1v) is 6.91. The largest absolute Gasteiger partial charge is 0.452 e. The molecule has 0 radical (unpaired) electrons. The van der Waals surface area contributed by atoms with Crippen molar-refractivity contribution in [3.8, 4) is 0 Å². The Labute approximate surface area is 123 Å². The Hall–Kier alpha value is -2.39. The number of nitrogens with zero attached hydrogens (tertiary/aromatic N) is 1. The average molecular weight is 279 g/mol. The van der Waals surface area contributed by atoms with E-state index >= 15 is 0 Å². The van der Waals surface area contributed by atoms with E-state index in [1.165, 1.54) is 0 Å². The fourth-order valence-corrected chi connectivity index (χ4v) is 2.48. The first-order valence-electron chi connectivity index (χ1n) is 6.91.